The minimum atomic E-state index is 0.615. The van der Waals surface area contributed by atoms with E-state index >= 15 is 0 Å². The Hall–Kier alpha value is -0.0151. The van der Waals surface area contributed by atoms with E-state index < -0.39 is 0 Å². The van der Waals surface area contributed by atoms with Crippen molar-refractivity contribution in [1.82, 2.24) is 10.1 Å². The van der Waals surface area contributed by atoms with Crippen molar-refractivity contribution < 1.29 is 0 Å². The topological polar surface area (TPSA) is 15.3 Å². The molecule has 1 aliphatic heterocycles. The van der Waals surface area contributed by atoms with Gasteiger partial charge in [0.15, 0.2) is 7.98 Å². The van der Waals surface area contributed by atoms with Gasteiger partial charge in [0.05, 0.1) is 0 Å². The van der Waals surface area contributed by atoms with Gasteiger partial charge in [-0.05, 0) is 13.0 Å². The van der Waals surface area contributed by atoms with Crippen molar-refractivity contribution in [3.8, 4) is 0 Å². The van der Waals surface area contributed by atoms with Crippen LogP contribution in [-0.4, -0.2) is 38.5 Å². The van der Waals surface area contributed by atoms with Crippen LogP contribution in [0.4, 0.5) is 0 Å². The van der Waals surface area contributed by atoms with E-state index in [4.69, 9.17) is 7.98 Å². The molecule has 1 aliphatic rings. The van der Waals surface area contributed by atoms with Crippen molar-refractivity contribution >= 4 is 7.98 Å². The summed E-state index contributed by atoms with van der Waals surface area (Å²) in [5.74, 6) is 0. The minimum Gasteiger partial charge on any atom is -0.351 e. The second-order valence-corrected chi connectivity index (χ2v) is 2.55. The quantitative estimate of drug-likeness (QED) is 0.485. The van der Waals surface area contributed by atoms with Crippen LogP contribution in [0.1, 0.15) is 13.3 Å². The predicted octanol–water partition coefficient (Wildman–Crippen LogP) is -0.246. The van der Waals surface area contributed by atoms with Crippen LogP contribution < -0.4 is 5.32 Å². The molecule has 0 aromatic carbocycles. The van der Waals surface area contributed by atoms with E-state index in [2.05, 4.69) is 12.2 Å². The molecule has 1 saturated heterocycles. The van der Waals surface area contributed by atoms with Crippen LogP contribution in [0.5, 0.6) is 0 Å². The van der Waals surface area contributed by atoms with Crippen LogP contribution >= 0.6 is 0 Å². The third kappa shape index (κ3) is 1.99. The summed E-state index contributed by atoms with van der Waals surface area (Å²) in [5.41, 5.74) is 0. The molecule has 0 aromatic rings. The van der Waals surface area contributed by atoms with Crippen molar-refractivity contribution in [2.75, 3.05) is 19.6 Å². The monoisotopic (exact) mass is 124 g/mol. The van der Waals surface area contributed by atoms with Gasteiger partial charge in [-0.15, -0.1) is 0 Å². The Bertz CT molecular complexity index is 87.1. The molecule has 0 bridgehead atoms. The number of nitrogens with one attached hydrogen (secondary N) is 1. The Kier molecular flexibility index (Phi) is 2.55. The van der Waals surface area contributed by atoms with Gasteiger partial charge in [0.2, 0.25) is 0 Å². The van der Waals surface area contributed by atoms with Crippen molar-refractivity contribution in [2.24, 2.45) is 0 Å². The molecule has 0 amide bonds. The molecule has 50 valence electrons. The molecule has 3 heteroatoms. The van der Waals surface area contributed by atoms with Crippen LogP contribution in [0.15, 0.2) is 0 Å². The van der Waals surface area contributed by atoms with E-state index in [-0.39, 0.29) is 0 Å². The normalized spacial score (nSPS) is 30.6. The highest BCUT2D eigenvalue weighted by atomic mass is 15.1. The second-order valence-electron chi connectivity index (χ2n) is 2.55. The summed E-state index contributed by atoms with van der Waals surface area (Å²) in [6, 6.07) is 0.615. The number of rotatable bonds is 1. The van der Waals surface area contributed by atoms with Gasteiger partial charge < -0.3 is 10.1 Å². The predicted molar refractivity (Wildman–Crippen MR) is 39.4 cm³/mol. The molecule has 0 aliphatic carbocycles. The third-order valence-electron chi connectivity index (χ3n) is 1.78. The van der Waals surface area contributed by atoms with Crippen molar-refractivity contribution in [3.63, 3.8) is 0 Å². The summed E-state index contributed by atoms with van der Waals surface area (Å²) in [6.45, 7) is 5.19. The second kappa shape index (κ2) is 3.23. The Morgan fingerprint density at radius 1 is 1.78 bits per heavy atom. The van der Waals surface area contributed by atoms with Gasteiger partial charge in [-0.3, -0.25) is 0 Å². The first-order chi connectivity index (χ1) is 4.33. The molecule has 2 radical (unpaired) electrons. The molecular weight excluding hydrogens is 111 g/mol. The smallest absolute Gasteiger partial charge is 0.182 e. The van der Waals surface area contributed by atoms with Crippen molar-refractivity contribution in [2.45, 2.75) is 19.4 Å². The summed E-state index contributed by atoms with van der Waals surface area (Å²) in [5, 5.41) is 3.38. The lowest BCUT2D eigenvalue weighted by molar-refractivity contribution is 0.305. The highest BCUT2D eigenvalue weighted by Crippen LogP contribution is 1.97. The highest BCUT2D eigenvalue weighted by Gasteiger charge is 2.12. The van der Waals surface area contributed by atoms with Crippen molar-refractivity contribution in [3.05, 3.63) is 0 Å². The first kappa shape index (κ1) is 7.10. The maximum absolute atomic E-state index is 5.59. The molecule has 1 heterocycles. The lowest BCUT2D eigenvalue weighted by Crippen LogP contribution is -2.49. The van der Waals surface area contributed by atoms with E-state index in [9.17, 15) is 0 Å². The molecule has 2 nitrogen and oxygen atoms in total. The molecule has 1 N–H and O–H groups in total. The number of piperazine rings is 1. The SMILES string of the molecule is [B]N1CCNC(CC)C1. The lowest BCUT2D eigenvalue weighted by atomic mass is 10.1. The van der Waals surface area contributed by atoms with E-state index in [0.29, 0.717) is 6.04 Å². The summed E-state index contributed by atoms with van der Waals surface area (Å²) in [6.07, 6.45) is 1.17. The third-order valence-corrected chi connectivity index (χ3v) is 1.78. The van der Waals surface area contributed by atoms with Crippen LogP contribution in [0.25, 0.3) is 0 Å². The first-order valence-electron chi connectivity index (χ1n) is 3.56. The highest BCUT2D eigenvalue weighted by molar-refractivity contribution is 6.04. The zero-order valence-corrected chi connectivity index (χ0v) is 5.93. The van der Waals surface area contributed by atoms with Gasteiger partial charge in [-0.1, -0.05) is 6.92 Å². The van der Waals surface area contributed by atoms with Gasteiger partial charge in [-0.2, -0.15) is 0 Å². The van der Waals surface area contributed by atoms with Gasteiger partial charge >= 0.3 is 0 Å². The number of hydrogen-bond acceptors (Lipinski definition) is 2. The molecule has 9 heavy (non-hydrogen) atoms. The van der Waals surface area contributed by atoms with Crippen LogP contribution in [0.2, 0.25) is 0 Å². The van der Waals surface area contributed by atoms with E-state index in [1.165, 1.54) is 6.42 Å². The standard InChI is InChI=1S/C6H13BN2/c1-2-6-5-9(7)4-3-8-6/h6,8H,2-5H2,1H3. The fourth-order valence-electron chi connectivity index (χ4n) is 1.12. The van der Waals surface area contributed by atoms with Crippen LogP contribution in [0.3, 0.4) is 0 Å². The molecular formula is C6H13BN2. The van der Waals surface area contributed by atoms with Crippen LogP contribution in [-0.2, 0) is 0 Å². The molecule has 0 spiro atoms. The Labute approximate surface area is 58.0 Å². The molecule has 1 unspecified atom stereocenters. The zero-order valence-electron chi connectivity index (χ0n) is 5.93. The fourth-order valence-corrected chi connectivity index (χ4v) is 1.12. The van der Waals surface area contributed by atoms with Crippen LogP contribution in [0, 0.1) is 0 Å². The molecule has 0 aromatic heterocycles. The first-order valence-corrected chi connectivity index (χ1v) is 3.56. The largest absolute Gasteiger partial charge is 0.351 e. The summed E-state index contributed by atoms with van der Waals surface area (Å²) < 4.78 is 0. The average Bonchev–Trinajstić information content (AvgIpc) is 1.88. The van der Waals surface area contributed by atoms with Gasteiger partial charge in [0, 0.05) is 19.1 Å². The zero-order chi connectivity index (χ0) is 6.69. The maximum atomic E-state index is 5.59. The number of hydrogen-bond donors (Lipinski definition) is 1. The lowest BCUT2D eigenvalue weighted by Gasteiger charge is -2.30. The molecule has 1 rings (SSSR count). The summed E-state index contributed by atoms with van der Waals surface area (Å²) >= 11 is 0. The van der Waals surface area contributed by atoms with Gasteiger partial charge in [-0.25, -0.2) is 0 Å². The molecule has 0 saturated carbocycles. The summed E-state index contributed by atoms with van der Waals surface area (Å²) in [4.78, 5) is 1.88. The van der Waals surface area contributed by atoms with Crippen molar-refractivity contribution in [1.29, 1.82) is 0 Å². The Morgan fingerprint density at radius 2 is 2.56 bits per heavy atom. The number of nitrogens with zero attached hydrogens (tertiary/aromatic N) is 1. The molecule has 1 atom stereocenters. The Morgan fingerprint density at radius 3 is 3.00 bits per heavy atom. The maximum Gasteiger partial charge on any atom is 0.182 e. The van der Waals surface area contributed by atoms with Gasteiger partial charge in [0.25, 0.3) is 0 Å². The minimum absolute atomic E-state index is 0.615. The van der Waals surface area contributed by atoms with E-state index in [1.807, 2.05) is 4.81 Å². The molecule has 1 fully saturated rings. The van der Waals surface area contributed by atoms with E-state index in [0.717, 1.165) is 19.6 Å². The Balaban J connectivity index is 2.23. The van der Waals surface area contributed by atoms with Gasteiger partial charge in [0.1, 0.15) is 0 Å². The average molecular weight is 124 g/mol. The summed E-state index contributed by atoms with van der Waals surface area (Å²) in [7, 11) is 5.59. The fraction of sp³-hybridized carbons (Fsp3) is 1.00. The van der Waals surface area contributed by atoms with E-state index in [1.54, 1.807) is 0 Å².